The second-order valence-corrected chi connectivity index (χ2v) is 7.09. The van der Waals surface area contributed by atoms with Gasteiger partial charge in [-0.15, -0.1) is 23.7 Å². The molecule has 3 aromatic heterocycles. The van der Waals surface area contributed by atoms with E-state index in [2.05, 4.69) is 27.3 Å². The van der Waals surface area contributed by atoms with Crippen LogP contribution in [-0.4, -0.2) is 25.8 Å². The first-order valence-electron chi connectivity index (χ1n) is 7.37. The third-order valence-electron chi connectivity index (χ3n) is 3.70. The van der Waals surface area contributed by atoms with Crippen molar-refractivity contribution in [2.45, 2.75) is 32.9 Å². The highest BCUT2D eigenvalue weighted by molar-refractivity contribution is 7.19. The quantitative estimate of drug-likeness (QED) is 0.657. The maximum Gasteiger partial charge on any atom is 0.224 e. The third-order valence-corrected chi connectivity index (χ3v) is 5.18. The van der Waals surface area contributed by atoms with Gasteiger partial charge in [-0.1, -0.05) is 0 Å². The molecule has 3 heterocycles. The van der Waals surface area contributed by atoms with Crippen LogP contribution in [0.2, 0.25) is 5.28 Å². The third kappa shape index (κ3) is 3.80. The lowest BCUT2D eigenvalue weighted by Crippen LogP contribution is -2.17. The molecule has 0 aliphatic carbocycles. The van der Waals surface area contributed by atoms with Crippen LogP contribution in [-0.2, 0) is 20.0 Å². The van der Waals surface area contributed by atoms with E-state index in [0.717, 1.165) is 33.7 Å². The van der Waals surface area contributed by atoms with Crippen molar-refractivity contribution in [2.75, 3.05) is 5.32 Å². The summed E-state index contributed by atoms with van der Waals surface area (Å²) in [5.74, 6) is 0.755. The van der Waals surface area contributed by atoms with Crippen LogP contribution in [0.1, 0.15) is 23.1 Å². The molecule has 1 unspecified atom stereocenters. The van der Waals surface area contributed by atoms with Gasteiger partial charge in [-0.3, -0.25) is 4.68 Å². The predicted molar refractivity (Wildman–Crippen MR) is 102 cm³/mol. The molecule has 1 atom stereocenters. The minimum atomic E-state index is 0. The molecule has 0 fully saturated rings. The Morgan fingerprint density at radius 3 is 2.79 bits per heavy atom. The Bertz CT molecular complexity index is 842. The molecule has 0 aliphatic rings. The standard InChI is InChI=1S/C15H19ClN6S.ClH/c1-8(17)6-11-9(2)12-13(23-11)14(21-15(16)20-12)18-7-10-4-5-19-22(10)3;/h4-5,8H,6-7,17H2,1-3H3,(H,18,20,21);1H. The molecule has 9 heteroatoms. The van der Waals surface area contributed by atoms with Crippen LogP contribution in [0.25, 0.3) is 10.2 Å². The molecule has 0 radical (unpaired) electrons. The lowest BCUT2D eigenvalue weighted by Gasteiger charge is -2.07. The van der Waals surface area contributed by atoms with Gasteiger partial charge in [-0.05, 0) is 43.5 Å². The van der Waals surface area contributed by atoms with Gasteiger partial charge in [0.2, 0.25) is 5.28 Å². The molecule has 0 amide bonds. The first kappa shape index (κ1) is 18.9. The Morgan fingerprint density at radius 1 is 1.42 bits per heavy atom. The number of fused-ring (bicyclic) bond motifs is 1. The van der Waals surface area contributed by atoms with Crippen molar-refractivity contribution in [2.24, 2.45) is 12.8 Å². The zero-order chi connectivity index (χ0) is 16.6. The number of hydrogen-bond acceptors (Lipinski definition) is 6. The average Bonchev–Trinajstić information content (AvgIpc) is 3.02. The van der Waals surface area contributed by atoms with Crippen LogP contribution in [0.4, 0.5) is 5.82 Å². The predicted octanol–water partition coefficient (Wildman–Crippen LogP) is 3.31. The normalized spacial score (nSPS) is 12.2. The molecule has 0 bridgehead atoms. The van der Waals surface area contributed by atoms with Crippen LogP contribution in [0.15, 0.2) is 12.3 Å². The molecule has 6 nitrogen and oxygen atoms in total. The van der Waals surface area contributed by atoms with E-state index in [0.29, 0.717) is 6.54 Å². The second-order valence-electron chi connectivity index (χ2n) is 5.65. The largest absolute Gasteiger partial charge is 0.363 e. The summed E-state index contributed by atoms with van der Waals surface area (Å²) in [5, 5.41) is 7.76. The van der Waals surface area contributed by atoms with Crippen molar-refractivity contribution in [3.8, 4) is 0 Å². The number of rotatable bonds is 5. The number of nitrogens with two attached hydrogens (primary N) is 1. The maximum absolute atomic E-state index is 6.10. The first-order valence-corrected chi connectivity index (χ1v) is 8.57. The van der Waals surface area contributed by atoms with Gasteiger partial charge in [0.05, 0.1) is 22.5 Å². The van der Waals surface area contributed by atoms with Crippen molar-refractivity contribution >= 4 is 51.4 Å². The van der Waals surface area contributed by atoms with Gasteiger partial charge in [0.25, 0.3) is 0 Å². The number of hydrogen-bond donors (Lipinski definition) is 2. The summed E-state index contributed by atoms with van der Waals surface area (Å²) in [4.78, 5) is 9.98. The van der Waals surface area contributed by atoms with E-state index in [1.165, 1.54) is 4.88 Å². The summed E-state index contributed by atoms with van der Waals surface area (Å²) >= 11 is 7.78. The van der Waals surface area contributed by atoms with E-state index in [-0.39, 0.29) is 23.7 Å². The lowest BCUT2D eigenvalue weighted by atomic mass is 10.1. The topological polar surface area (TPSA) is 81.6 Å². The molecular formula is C15H20Cl2N6S. The fraction of sp³-hybridized carbons (Fsp3) is 0.400. The number of thiophene rings is 1. The molecule has 0 spiro atoms. The Balaban J connectivity index is 0.00000208. The van der Waals surface area contributed by atoms with Gasteiger partial charge < -0.3 is 11.1 Å². The number of nitrogens with one attached hydrogen (secondary N) is 1. The van der Waals surface area contributed by atoms with Crippen LogP contribution in [0.3, 0.4) is 0 Å². The Morgan fingerprint density at radius 2 is 2.17 bits per heavy atom. The van der Waals surface area contributed by atoms with E-state index in [1.54, 1.807) is 17.5 Å². The van der Waals surface area contributed by atoms with E-state index in [1.807, 2.05) is 24.7 Å². The number of anilines is 1. The fourth-order valence-corrected chi connectivity index (χ4v) is 3.98. The highest BCUT2D eigenvalue weighted by Crippen LogP contribution is 2.35. The Labute approximate surface area is 155 Å². The second kappa shape index (κ2) is 7.65. The van der Waals surface area contributed by atoms with Crippen molar-refractivity contribution in [1.29, 1.82) is 0 Å². The van der Waals surface area contributed by atoms with Crippen LogP contribution in [0.5, 0.6) is 0 Å². The summed E-state index contributed by atoms with van der Waals surface area (Å²) in [5.41, 5.74) is 9.04. The molecule has 3 aromatic rings. The summed E-state index contributed by atoms with van der Waals surface area (Å²) in [6, 6.07) is 2.07. The van der Waals surface area contributed by atoms with Gasteiger partial charge in [0.1, 0.15) is 5.82 Å². The molecule has 0 saturated heterocycles. The molecule has 3 rings (SSSR count). The zero-order valence-electron chi connectivity index (χ0n) is 13.7. The van der Waals surface area contributed by atoms with Crippen molar-refractivity contribution in [1.82, 2.24) is 19.7 Å². The average molecular weight is 387 g/mol. The first-order chi connectivity index (χ1) is 11.0. The number of aromatic nitrogens is 4. The van der Waals surface area contributed by atoms with E-state index in [9.17, 15) is 0 Å². The van der Waals surface area contributed by atoms with Gasteiger partial charge in [0, 0.05) is 24.2 Å². The number of nitrogens with zero attached hydrogens (tertiary/aromatic N) is 4. The molecule has 0 aromatic carbocycles. The Kier molecular flexibility index (Phi) is 6.03. The lowest BCUT2D eigenvalue weighted by molar-refractivity contribution is 0.720. The zero-order valence-corrected chi connectivity index (χ0v) is 16.1. The maximum atomic E-state index is 6.10. The van der Waals surface area contributed by atoms with Crippen molar-refractivity contribution < 1.29 is 0 Å². The molecule has 0 saturated carbocycles. The van der Waals surface area contributed by atoms with Crippen LogP contribution < -0.4 is 11.1 Å². The summed E-state index contributed by atoms with van der Waals surface area (Å²) in [6.07, 6.45) is 2.60. The molecule has 3 N–H and O–H groups in total. The SMILES string of the molecule is Cc1c(CC(C)N)sc2c(NCc3ccnn3C)nc(Cl)nc12.Cl. The minimum absolute atomic E-state index is 0. The van der Waals surface area contributed by atoms with E-state index < -0.39 is 0 Å². The fourth-order valence-electron chi connectivity index (χ4n) is 2.46. The molecular weight excluding hydrogens is 367 g/mol. The van der Waals surface area contributed by atoms with Crippen LogP contribution in [0, 0.1) is 6.92 Å². The monoisotopic (exact) mass is 386 g/mol. The molecule has 0 aliphatic heterocycles. The smallest absolute Gasteiger partial charge is 0.224 e. The van der Waals surface area contributed by atoms with Gasteiger partial charge in [0.15, 0.2) is 0 Å². The minimum Gasteiger partial charge on any atom is -0.363 e. The summed E-state index contributed by atoms with van der Waals surface area (Å²) in [7, 11) is 1.91. The summed E-state index contributed by atoms with van der Waals surface area (Å²) < 4.78 is 2.85. The number of aryl methyl sites for hydroxylation is 2. The molecule has 130 valence electrons. The van der Waals surface area contributed by atoms with Crippen molar-refractivity contribution in [3.05, 3.63) is 33.7 Å². The van der Waals surface area contributed by atoms with Gasteiger partial charge in [-0.2, -0.15) is 10.1 Å². The van der Waals surface area contributed by atoms with E-state index in [4.69, 9.17) is 17.3 Å². The number of halogens is 2. The summed E-state index contributed by atoms with van der Waals surface area (Å²) in [6.45, 7) is 4.69. The van der Waals surface area contributed by atoms with E-state index >= 15 is 0 Å². The van der Waals surface area contributed by atoms with Gasteiger partial charge >= 0.3 is 0 Å². The highest BCUT2D eigenvalue weighted by atomic mass is 35.5. The van der Waals surface area contributed by atoms with Crippen LogP contribution >= 0.6 is 35.3 Å². The van der Waals surface area contributed by atoms with Gasteiger partial charge in [-0.25, -0.2) is 4.98 Å². The van der Waals surface area contributed by atoms with Crippen molar-refractivity contribution in [3.63, 3.8) is 0 Å². The molecule has 24 heavy (non-hydrogen) atoms. The highest BCUT2D eigenvalue weighted by Gasteiger charge is 2.16. The Hall–Kier alpha value is -1.41.